The molecule has 0 spiro atoms. The van der Waals surface area contributed by atoms with E-state index in [9.17, 15) is 9.59 Å². The molecule has 8 heteroatoms. The molecule has 25 heavy (non-hydrogen) atoms. The number of aromatic nitrogens is 3. The summed E-state index contributed by atoms with van der Waals surface area (Å²) < 4.78 is 0. The molecule has 0 aliphatic rings. The zero-order chi connectivity index (χ0) is 17.6. The Kier molecular flexibility index (Phi) is 4.61. The van der Waals surface area contributed by atoms with Gasteiger partial charge in [-0.2, -0.15) is 15.0 Å². The Hall–Kier alpha value is -3.81. The molecule has 0 aliphatic heterocycles. The van der Waals surface area contributed by atoms with Gasteiger partial charge >= 0.3 is 0 Å². The van der Waals surface area contributed by atoms with Crippen LogP contribution in [0.1, 0.15) is 20.7 Å². The summed E-state index contributed by atoms with van der Waals surface area (Å²) in [7, 11) is 0. The maximum absolute atomic E-state index is 12.1. The molecule has 1 aromatic heterocycles. The maximum Gasteiger partial charge on any atom is 0.258 e. The van der Waals surface area contributed by atoms with Crippen LogP contribution in [0.5, 0.6) is 0 Å². The Bertz CT molecular complexity index is 828. The molecule has 0 saturated carbocycles. The lowest BCUT2D eigenvalue weighted by molar-refractivity contribution is 0.101. The number of hydrogen-bond donors (Lipinski definition) is 3. The molecule has 0 atom stereocenters. The van der Waals surface area contributed by atoms with Crippen molar-refractivity contribution >= 4 is 29.7 Å². The highest BCUT2D eigenvalue weighted by atomic mass is 16.2. The lowest BCUT2D eigenvalue weighted by atomic mass is 10.2. The number of nitrogens with one attached hydrogen (secondary N) is 2. The summed E-state index contributed by atoms with van der Waals surface area (Å²) in [5.74, 6) is -1.02. The number of nitrogens with zero attached hydrogens (tertiary/aromatic N) is 3. The first-order chi connectivity index (χ1) is 12.1. The fourth-order valence-corrected chi connectivity index (χ4v) is 2.03. The van der Waals surface area contributed by atoms with E-state index in [1.807, 2.05) is 0 Å². The second-order valence-corrected chi connectivity index (χ2v) is 4.98. The molecule has 0 unspecified atom stereocenters. The van der Waals surface area contributed by atoms with Gasteiger partial charge in [0.1, 0.15) is 0 Å². The number of benzene rings is 2. The van der Waals surface area contributed by atoms with Gasteiger partial charge < -0.3 is 5.73 Å². The third-order valence-electron chi connectivity index (χ3n) is 3.18. The number of carbonyl (C=O) groups excluding carboxylic acids is 2. The van der Waals surface area contributed by atoms with Crippen molar-refractivity contribution in [3.63, 3.8) is 0 Å². The summed E-state index contributed by atoms with van der Waals surface area (Å²) in [5.41, 5.74) is 6.51. The van der Waals surface area contributed by atoms with Gasteiger partial charge in [-0.15, -0.1) is 0 Å². The van der Waals surface area contributed by atoms with Crippen LogP contribution in [0.2, 0.25) is 0 Å². The molecule has 124 valence electrons. The summed E-state index contributed by atoms with van der Waals surface area (Å²) in [5, 5.41) is 5.04. The number of nitrogen functional groups attached to an aromatic ring is 1. The fourth-order valence-electron chi connectivity index (χ4n) is 2.03. The monoisotopic (exact) mass is 334 g/mol. The van der Waals surface area contributed by atoms with Crippen LogP contribution in [0, 0.1) is 0 Å². The maximum atomic E-state index is 12.1. The zero-order valence-corrected chi connectivity index (χ0v) is 13.0. The molecule has 0 aliphatic carbocycles. The Morgan fingerprint density at radius 3 is 1.48 bits per heavy atom. The van der Waals surface area contributed by atoms with Crippen molar-refractivity contribution in [3.05, 3.63) is 71.8 Å². The molecule has 4 N–H and O–H groups in total. The lowest BCUT2D eigenvalue weighted by Gasteiger charge is -2.07. The first-order valence-electron chi connectivity index (χ1n) is 7.36. The Morgan fingerprint density at radius 1 is 0.680 bits per heavy atom. The molecule has 0 fully saturated rings. The summed E-state index contributed by atoms with van der Waals surface area (Å²) in [4.78, 5) is 36.0. The topological polar surface area (TPSA) is 123 Å². The van der Waals surface area contributed by atoms with Crippen molar-refractivity contribution in [1.29, 1.82) is 0 Å². The van der Waals surface area contributed by atoms with Crippen molar-refractivity contribution < 1.29 is 9.59 Å². The van der Waals surface area contributed by atoms with Gasteiger partial charge in [-0.3, -0.25) is 20.2 Å². The molecule has 8 nitrogen and oxygen atoms in total. The predicted octanol–water partition coefficient (Wildman–Crippen LogP) is 1.96. The molecule has 3 aromatic rings. The zero-order valence-electron chi connectivity index (χ0n) is 13.0. The van der Waals surface area contributed by atoms with Gasteiger partial charge in [-0.05, 0) is 24.3 Å². The summed E-state index contributed by atoms with van der Waals surface area (Å²) in [6.07, 6.45) is 0. The van der Waals surface area contributed by atoms with E-state index in [-0.39, 0.29) is 17.8 Å². The van der Waals surface area contributed by atoms with Crippen molar-refractivity contribution in [1.82, 2.24) is 15.0 Å². The van der Waals surface area contributed by atoms with E-state index in [1.54, 1.807) is 60.7 Å². The second-order valence-electron chi connectivity index (χ2n) is 4.98. The first kappa shape index (κ1) is 16.1. The van der Waals surface area contributed by atoms with Crippen molar-refractivity contribution in [2.75, 3.05) is 16.4 Å². The lowest BCUT2D eigenvalue weighted by Crippen LogP contribution is -2.19. The molecule has 0 saturated heterocycles. The van der Waals surface area contributed by atoms with Crippen LogP contribution in [-0.4, -0.2) is 26.8 Å². The Balaban J connectivity index is 1.76. The highest BCUT2D eigenvalue weighted by Gasteiger charge is 2.12. The van der Waals surface area contributed by atoms with Gasteiger partial charge in [0, 0.05) is 11.1 Å². The van der Waals surface area contributed by atoms with Gasteiger partial charge in [0.2, 0.25) is 17.8 Å². The fraction of sp³-hybridized carbons (Fsp3) is 0. The van der Waals surface area contributed by atoms with Crippen LogP contribution in [-0.2, 0) is 0 Å². The van der Waals surface area contributed by atoms with E-state index < -0.39 is 11.8 Å². The minimum atomic E-state index is -0.397. The first-order valence-corrected chi connectivity index (χ1v) is 7.36. The molecular weight excluding hydrogens is 320 g/mol. The molecule has 3 rings (SSSR count). The number of amides is 2. The number of rotatable bonds is 4. The van der Waals surface area contributed by atoms with Gasteiger partial charge in [0.15, 0.2) is 0 Å². The minimum absolute atomic E-state index is 0.0512. The Morgan fingerprint density at radius 2 is 1.08 bits per heavy atom. The summed E-state index contributed by atoms with van der Waals surface area (Å²) >= 11 is 0. The molecule has 0 radical (unpaired) electrons. The highest BCUT2D eigenvalue weighted by Crippen LogP contribution is 2.10. The SMILES string of the molecule is Nc1nc(NC(=O)c2ccccc2)nc(NC(=O)c2ccccc2)n1. The van der Waals surface area contributed by atoms with Crippen LogP contribution in [0.4, 0.5) is 17.8 Å². The van der Waals surface area contributed by atoms with Gasteiger partial charge in [0.05, 0.1) is 0 Å². The largest absolute Gasteiger partial charge is 0.368 e. The van der Waals surface area contributed by atoms with Crippen LogP contribution >= 0.6 is 0 Å². The number of nitrogens with two attached hydrogens (primary N) is 1. The van der Waals surface area contributed by atoms with Gasteiger partial charge in [-0.1, -0.05) is 36.4 Å². The molecular formula is C17H14N6O2. The van der Waals surface area contributed by atoms with Gasteiger partial charge in [-0.25, -0.2) is 0 Å². The minimum Gasteiger partial charge on any atom is -0.368 e. The van der Waals surface area contributed by atoms with Crippen LogP contribution in [0.25, 0.3) is 0 Å². The average molecular weight is 334 g/mol. The van der Waals surface area contributed by atoms with Crippen LogP contribution in [0.3, 0.4) is 0 Å². The number of carbonyl (C=O) groups is 2. The third kappa shape index (κ3) is 4.14. The van der Waals surface area contributed by atoms with Crippen molar-refractivity contribution in [3.8, 4) is 0 Å². The van der Waals surface area contributed by atoms with Crippen molar-refractivity contribution in [2.45, 2.75) is 0 Å². The third-order valence-corrected chi connectivity index (χ3v) is 3.18. The van der Waals surface area contributed by atoms with Crippen LogP contribution in [0.15, 0.2) is 60.7 Å². The van der Waals surface area contributed by atoms with E-state index in [0.29, 0.717) is 11.1 Å². The van der Waals surface area contributed by atoms with E-state index in [1.165, 1.54) is 0 Å². The molecule has 0 bridgehead atoms. The van der Waals surface area contributed by atoms with E-state index in [0.717, 1.165) is 0 Å². The number of anilines is 3. The van der Waals surface area contributed by atoms with E-state index in [2.05, 4.69) is 25.6 Å². The quantitative estimate of drug-likeness (QED) is 0.670. The summed E-state index contributed by atoms with van der Waals surface area (Å²) in [6, 6.07) is 17.2. The second kappa shape index (κ2) is 7.18. The van der Waals surface area contributed by atoms with E-state index >= 15 is 0 Å². The normalized spacial score (nSPS) is 10.1. The molecule has 2 aromatic carbocycles. The average Bonchev–Trinajstić information content (AvgIpc) is 2.62. The standard InChI is InChI=1S/C17H14N6O2/c18-15-21-16(19-13(24)11-7-3-1-4-8-11)23-17(22-15)20-14(25)12-9-5-2-6-10-12/h1-10H,(H4,18,19,20,21,22,23,24,25). The highest BCUT2D eigenvalue weighted by molar-refractivity contribution is 6.04. The predicted molar refractivity (Wildman–Crippen MR) is 93.0 cm³/mol. The number of hydrogen-bond acceptors (Lipinski definition) is 6. The van der Waals surface area contributed by atoms with Crippen molar-refractivity contribution in [2.24, 2.45) is 0 Å². The molecule has 1 heterocycles. The molecule has 2 amide bonds. The van der Waals surface area contributed by atoms with Crippen LogP contribution < -0.4 is 16.4 Å². The summed E-state index contributed by atoms with van der Waals surface area (Å²) in [6.45, 7) is 0. The Labute approximate surface area is 143 Å². The van der Waals surface area contributed by atoms with Gasteiger partial charge in [0.25, 0.3) is 11.8 Å². The smallest absolute Gasteiger partial charge is 0.258 e. The van der Waals surface area contributed by atoms with E-state index in [4.69, 9.17) is 5.73 Å².